The Hall–Kier alpha value is 2.06. The van der Waals surface area contributed by atoms with Crippen molar-refractivity contribution in [2.45, 2.75) is 93.9 Å². The summed E-state index contributed by atoms with van der Waals surface area (Å²) in [7, 11) is 4.28. The third-order valence-corrected chi connectivity index (χ3v) is 46.0. The Morgan fingerprint density at radius 3 is 1.58 bits per heavy atom. The molecule has 0 aromatic rings. The van der Waals surface area contributed by atoms with E-state index >= 15 is 0 Å². The topological polar surface area (TPSA) is 0 Å². The first-order valence-corrected chi connectivity index (χ1v) is 20.1. The van der Waals surface area contributed by atoms with Crippen LogP contribution in [0.15, 0.2) is 0 Å². The van der Waals surface area contributed by atoms with E-state index in [1.54, 1.807) is 8.20 Å². The first-order chi connectivity index (χ1) is 11.5. The maximum atomic E-state index is 2.57. The molecule has 0 saturated carbocycles. The van der Waals surface area contributed by atoms with Crippen molar-refractivity contribution < 1.29 is 0 Å². The summed E-state index contributed by atoms with van der Waals surface area (Å²) >= 11 is 0. The molecule has 3 rings (SSSR count). The highest BCUT2D eigenvalue weighted by Gasteiger charge is 2.66. The monoisotopic (exact) mass is 464 g/mol. The Balaban J connectivity index is 2.18. The molecule has 3 heterocycles. The first kappa shape index (κ1) is 22.7. The zero-order valence-corrected chi connectivity index (χ0v) is 24.2. The predicted molar refractivity (Wildman–Crippen MR) is 137 cm³/mol. The zero-order valence-electron chi connectivity index (χ0n) is 18.8. The normalized spacial score (nSPS) is 38.9. The van der Waals surface area contributed by atoms with E-state index in [1.165, 1.54) is 0 Å². The van der Waals surface area contributed by atoms with E-state index in [9.17, 15) is 0 Å². The predicted octanol–water partition coefficient (Wildman–Crippen LogP) is 10.6. The van der Waals surface area contributed by atoms with E-state index in [0.29, 0.717) is 21.7 Å². The molecule has 6 heteroatoms. The third kappa shape index (κ3) is 3.75. The summed E-state index contributed by atoms with van der Waals surface area (Å²) in [5.41, 5.74) is 1.79. The SMILES string of the molecule is CC(C)(C)C1=PP2[C@@H](C(C)(C)C)P1P1C(C(C)(C)C)=P[C@H](C(C)(C)C)P21. The Labute approximate surface area is 171 Å². The quantitative estimate of drug-likeness (QED) is 0.313. The lowest BCUT2D eigenvalue weighted by atomic mass is 9.99. The highest BCUT2D eigenvalue weighted by atomic mass is 32.8. The molecule has 0 radical (unpaired) electrons. The molecule has 26 heavy (non-hydrogen) atoms. The molecule has 0 amide bonds. The van der Waals surface area contributed by atoms with Crippen molar-refractivity contribution in [3.8, 4) is 0 Å². The van der Waals surface area contributed by atoms with Gasteiger partial charge in [0.05, 0.1) is 0 Å². The van der Waals surface area contributed by atoms with Crippen molar-refractivity contribution in [3.05, 3.63) is 0 Å². The van der Waals surface area contributed by atoms with Crippen molar-refractivity contribution in [3.63, 3.8) is 0 Å². The van der Waals surface area contributed by atoms with Crippen LogP contribution >= 0.6 is 45.6 Å². The van der Waals surface area contributed by atoms with E-state index in [4.69, 9.17) is 0 Å². The van der Waals surface area contributed by atoms with Crippen LogP contribution in [0.5, 0.6) is 0 Å². The summed E-state index contributed by atoms with van der Waals surface area (Å²) in [5, 5.41) is 6.03. The van der Waals surface area contributed by atoms with Crippen LogP contribution in [0.1, 0.15) is 83.1 Å². The van der Waals surface area contributed by atoms with Crippen molar-refractivity contribution in [1.29, 1.82) is 0 Å². The summed E-state index contributed by atoms with van der Waals surface area (Å²) in [6.45, 7) is 30.4. The smallest absolute Gasteiger partial charge is 0.0352 e. The van der Waals surface area contributed by atoms with Gasteiger partial charge < -0.3 is 0 Å². The Kier molecular flexibility index (Phi) is 5.93. The van der Waals surface area contributed by atoms with Crippen molar-refractivity contribution >= 4 is 55.7 Å². The summed E-state index contributed by atoms with van der Waals surface area (Å²) in [4.78, 5) is 0. The van der Waals surface area contributed by atoms with Crippen LogP contribution < -0.4 is 0 Å². The molecule has 0 spiro atoms. The number of hydrogen-bond donors (Lipinski definition) is 0. The van der Waals surface area contributed by atoms with Gasteiger partial charge in [0.25, 0.3) is 0 Å². The highest BCUT2D eigenvalue weighted by Crippen LogP contribution is 3.19. The van der Waals surface area contributed by atoms with Gasteiger partial charge in [-0.25, -0.2) is 0 Å². The fraction of sp³-hybridized carbons (Fsp3) is 0.900. The minimum Gasteiger partial charge on any atom is -0.0897 e. The molecular formula is C20H38P6. The molecule has 148 valence electrons. The number of fused-ring (bicyclic) bond motifs is 5. The molecule has 1 fully saturated rings. The molecule has 2 bridgehead atoms. The summed E-state index contributed by atoms with van der Waals surface area (Å²) in [5.74, 6) is 0. The van der Waals surface area contributed by atoms with Gasteiger partial charge in [-0.3, -0.25) is 0 Å². The van der Waals surface area contributed by atoms with Crippen LogP contribution in [0.4, 0.5) is 0 Å². The van der Waals surface area contributed by atoms with E-state index in [0.717, 1.165) is 10.8 Å². The van der Waals surface area contributed by atoms with Crippen molar-refractivity contribution in [2.75, 3.05) is 0 Å². The second kappa shape index (κ2) is 6.78. The van der Waals surface area contributed by atoms with Gasteiger partial charge in [0.2, 0.25) is 0 Å². The molecule has 3 aliphatic heterocycles. The minimum atomic E-state index is 0.0932. The molecule has 0 nitrogen and oxygen atoms in total. The average Bonchev–Trinajstić information content (AvgIpc) is 3.01. The van der Waals surface area contributed by atoms with Crippen LogP contribution in [-0.2, 0) is 0 Å². The summed E-state index contributed by atoms with van der Waals surface area (Å²) < 4.78 is 0. The molecule has 6 atom stereocenters. The minimum absolute atomic E-state index is 0.0932. The fourth-order valence-corrected chi connectivity index (χ4v) is 70.8. The standard InChI is InChI=1S/C20H38P6/c1-17(2,3)13-21-14(18(4,5)6)26-24-16(20(10,11)12)23(25(13)26)15(22-24)19(7,8)9/h14,16H,1-12H3/t14-,16-,23?,24?,25?,26?/m0/s1. The van der Waals surface area contributed by atoms with Crippen molar-refractivity contribution in [2.24, 2.45) is 21.7 Å². The molecule has 0 aromatic heterocycles. The third-order valence-electron chi connectivity index (χ3n) is 5.02. The van der Waals surface area contributed by atoms with Gasteiger partial charge in [0.15, 0.2) is 0 Å². The summed E-state index contributed by atoms with van der Waals surface area (Å²) in [6.07, 6.45) is 0. The van der Waals surface area contributed by atoms with Gasteiger partial charge in [-0.15, -0.1) is 0 Å². The van der Waals surface area contributed by atoms with Gasteiger partial charge in [-0.1, -0.05) is 99.2 Å². The van der Waals surface area contributed by atoms with Crippen LogP contribution in [-0.4, -0.2) is 20.9 Å². The molecular weight excluding hydrogens is 426 g/mol. The summed E-state index contributed by atoms with van der Waals surface area (Å²) in [6, 6.07) is 0. The molecule has 1 saturated heterocycles. The number of rotatable bonds is 0. The van der Waals surface area contributed by atoms with Gasteiger partial charge in [0.1, 0.15) is 0 Å². The Bertz CT molecular complexity index is 650. The Morgan fingerprint density at radius 2 is 1.19 bits per heavy atom. The lowest BCUT2D eigenvalue weighted by Gasteiger charge is -2.40. The zero-order chi connectivity index (χ0) is 20.0. The van der Waals surface area contributed by atoms with Crippen LogP contribution in [0.3, 0.4) is 0 Å². The van der Waals surface area contributed by atoms with Gasteiger partial charge in [-0.05, 0) is 61.2 Å². The molecule has 0 aliphatic carbocycles. The second-order valence-electron chi connectivity index (χ2n) is 12.1. The fourth-order valence-electron chi connectivity index (χ4n) is 3.82. The van der Waals surface area contributed by atoms with E-state index in [2.05, 4.69) is 83.1 Å². The lowest BCUT2D eigenvalue weighted by Crippen LogP contribution is -2.24. The van der Waals surface area contributed by atoms with Gasteiger partial charge in [-0.2, -0.15) is 0 Å². The Morgan fingerprint density at radius 1 is 0.692 bits per heavy atom. The maximum Gasteiger partial charge on any atom is 0.0352 e. The van der Waals surface area contributed by atoms with E-state index in [-0.39, 0.29) is 29.5 Å². The van der Waals surface area contributed by atoms with Gasteiger partial charge >= 0.3 is 0 Å². The highest BCUT2D eigenvalue weighted by molar-refractivity contribution is 8.99. The average molecular weight is 464 g/mol. The van der Waals surface area contributed by atoms with Crippen molar-refractivity contribution in [1.82, 2.24) is 0 Å². The second-order valence-corrected chi connectivity index (χ2v) is 32.8. The largest absolute Gasteiger partial charge is 0.0897 e. The van der Waals surface area contributed by atoms with Crippen LogP contribution in [0.25, 0.3) is 0 Å². The molecule has 4 unspecified atom stereocenters. The molecule has 3 aliphatic rings. The van der Waals surface area contributed by atoms with Crippen LogP contribution in [0.2, 0.25) is 0 Å². The maximum absolute atomic E-state index is 2.57. The van der Waals surface area contributed by atoms with E-state index in [1.807, 2.05) is 18.0 Å². The first-order valence-electron chi connectivity index (χ1n) is 9.80. The van der Waals surface area contributed by atoms with Crippen LogP contribution in [0, 0.1) is 21.7 Å². The lowest BCUT2D eigenvalue weighted by molar-refractivity contribution is 0.453. The number of hydrogen-bond acceptors (Lipinski definition) is 0. The molecule has 0 aromatic carbocycles. The molecule has 0 N–H and O–H groups in total. The van der Waals surface area contributed by atoms with Gasteiger partial charge in [0, 0.05) is 10.8 Å². The van der Waals surface area contributed by atoms with E-state index < -0.39 is 0 Å².